The van der Waals surface area contributed by atoms with Crippen molar-refractivity contribution in [1.82, 2.24) is 21.0 Å². The van der Waals surface area contributed by atoms with Crippen molar-refractivity contribution < 1.29 is 24.4 Å². The molecule has 0 atom stereocenters. The number of hydrogen-bond acceptors (Lipinski definition) is 5. The van der Waals surface area contributed by atoms with E-state index in [4.69, 9.17) is 5.21 Å². The summed E-state index contributed by atoms with van der Waals surface area (Å²) in [6, 6.07) is 19.6. The Morgan fingerprint density at radius 2 is 1.08 bits per heavy atom. The SMILES string of the molecule is O=C(CCCCCCC(=O)N(CC(=O)NCCc1ccccc1)CC(=O)NCCc1ccccc1)NO. The number of carbonyl (C=O) groups excluding carboxylic acids is 4. The Labute approximate surface area is 218 Å². The first-order valence-corrected chi connectivity index (χ1v) is 12.8. The Bertz CT molecular complexity index is 910. The average molecular weight is 511 g/mol. The van der Waals surface area contributed by atoms with Gasteiger partial charge in [0.25, 0.3) is 0 Å². The molecule has 0 heterocycles. The largest absolute Gasteiger partial charge is 0.354 e. The molecule has 0 saturated heterocycles. The molecular formula is C28H38N4O5. The number of nitrogens with one attached hydrogen (secondary N) is 3. The quantitative estimate of drug-likeness (QED) is 0.148. The zero-order valence-corrected chi connectivity index (χ0v) is 21.3. The topological polar surface area (TPSA) is 128 Å². The highest BCUT2D eigenvalue weighted by Crippen LogP contribution is 2.08. The van der Waals surface area contributed by atoms with Crippen LogP contribution in [0.2, 0.25) is 0 Å². The Morgan fingerprint density at radius 3 is 1.54 bits per heavy atom. The standard InChI is InChI=1S/C28H38N4O5/c33-25(31-37)15-9-1-2-10-16-28(36)32(21-26(34)29-19-17-23-11-5-3-6-12-23)22-27(35)30-20-18-24-13-7-4-8-14-24/h3-8,11-14,37H,1-2,9-10,15-22H2,(H,29,34)(H,30,35)(H,31,33). The molecule has 4 amide bonds. The highest BCUT2D eigenvalue weighted by atomic mass is 16.5. The van der Waals surface area contributed by atoms with E-state index in [0.29, 0.717) is 38.8 Å². The molecule has 0 bridgehead atoms. The molecule has 0 spiro atoms. The lowest BCUT2D eigenvalue weighted by molar-refractivity contribution is -0.139. The molecule has 9 heteroatoms. The first kappa shape index (κ1) is 29.5. The van der Waals surface area contributed by atoms with Gasteiger partial charge in [0.1, 0.15) is 13.1 Å². The van der Waals surface area contributed by atoms with Gasteiger partial charge >= 0.3 is 0 Å². The monoisotopic (exact) mass is 510 g/mol. The van der Waals surface area contributed by atoms with Crippen LogP contribution in [-0.2, 0) is 32.0 Å². The van der Waals surface area contributed by atoms with Crippen LogP contribution in [0.15, 0.2) is 60.7 Å². The molecule has 0 unspecified atom stereocenters. The first-order chi connectivity index (χ1) is 18.0. The molecule has 0 aliphatic carbocycles. The number of amides is 4. The Kier molecular flexibility index (Phi) is 14.1. The number of benzene rings is 2. The van der Waals surface area contributed by atoms with Gasteiger partial charge in [0, 0.05) is 25.9 Å². The Morgan fingerprint density at radius 1 is 0.622 bits per heavy atom. The van der Waals surface area contributed by atoms with Crippen LogP contribution in [0.25, 0.3) is 0 Å². The number of rotatable bonds is 17. The van der Waals surface area contributed by atoms with Gasteiger partial charge in [-0.3, -0.25) is 24.4 Å². The smallest absolute Gasteiger partial charge is 0.243 e. The summed E-state index contributed by atoms with van der Waals surface area (Å²) < 4.78 is 0. The Balaban J connectivity index is 1.80. The van der Waals surface area contributed by atoms with Gasteiger partial charge in [0.05, 0.1) is 0 Å². The van der Waals surface area contributed by atoms with Gasteiger partial charge in [0.2, 0.25) is 23.6 Å². The maximum atomic E-state index is 12.9. The molecule has 0 radical (unpaired) electrons. The van der Waals surface area contributed by atoms with Gasteiger partial charge < -0.3 is 15.5 Å². The van der Waals surface area contributed by atoms with Crippen molar-refractivity contribution >= 4 is 23.6 Å². The lowest BCUT2D eigenvalue weighted by Gasteiger charge is -2.22. The van der Waals surface area contributed by atoms with Crippen molar-refractivity contribution in [2.24, 2.45) is 0 Å². The first-order valence-electron chi connectivity index (χ1n) is 12.8. The molecule has 9 nitrogen and oxygen atoms in total. The van der Waals surface area contributed by atoms with Gasteiger partial charge in [-0.05, 0) is 36.8 Å². The lowest BCUT2D eigenvalue weighted by atomic mass is 10.1. The maximum absolute atomic E-state index is 12.9. The van der Waals surface area contributed by atoms with Crippen LogP contribution in [-0.4, -0.2) is 59.9 Å². The van der Waals surface area contributed by atoms with E-state index < -0.39 is 5.91 Å². The zero-order valence-electron chi connectivity index (χ0n) is 21.3. The number of hydroxylamine groups is 1. The third-order valence-electron chi connectivity index (χ3n) is 5.85. The summed E-state index contributed by atoms with van der Waals surface area (Å²) >= 11 is 0. The van der Waals surface area contributed by atoms with Gasteiger partial charge in [0.15, 0.2) is 0 Å². The van der Waals surface area contributed by atoms with E-state index >= 15 is 0 Å². The summed E-state index contributed by atoms with van der Waals surface area (Å²) in [6.45, 7) is 0.512. The van der Waals surface area contributed by atoms with Gasteiger partial charge in [-0.1, -0.05) is 73.5 Å². The Hall–Kier alpha value is -3.72. The van der Waals surface area contributed by atoms with Gasteiger partial charge in [-0.2, -0.15) is 0 Å². The van der Waals surface area contributed by atoms with E-state index in [2.05, 4.69) is 10.6 Å². The number of carbonyl (C=O) groups is 4. The van der Waals surface area contributed by atoms with Crippen molar-refractivity contribution in [3.63, 3.8) is 0 Å². The third-order valence-corrected chi connectivity index (χ3v) is 5.85. The predicted molar refractivity (Wildman–Crippen MR) is 141 cm³/mol. The van der Waals surface area contributed by atoms with Gasteiger partial charge in [-0.15, -0.1) is 0 Å². The van der Waals surface area contributed by atoms with Crippen molar-refractivity contribution in [3.8, 4) is 0 Å². The molecule has 37 heavy (non-hydrogen) atoms. The fraction of sp³-hybridized carbons (Fsp3) is 0.429. The molecule has 2 aromatic carbocycles. The molecule has 4 N–H and O–H groups in total. The van der Waals surface area contributed by atoms with E-state index in [1.807, 2.05) is 60.7 Å². The van der Waals surface area contributed by atoms with Crippen molar-refractivity contribution in [1.29, 1.82) is 0 Å². The van der Waals surface area contributed by atoms with Crippen LogP contribution < -0.4 is 16.1 Å². The summed E-state index contributed by atoms with van der Waals surface area (Å²) in [6.07, 6.45) is 4.44. The van der Waals surface area contributed by atoms with Crippen molar-refractivity contribution in [3.05, 3.63) is 71.8 Å². The van der Waals surface area contributed by atoms with Crippen LogP contribution in [0.3, 0.4) is 0 Å². The van der Waals surface area contributed by atoms with Crippen LogP contribution in [0.1, 0.15) is 49.7 Å². The minimum atomic E-state index is -0.432. The fourth-order valence-electron chi connectivity index (χ4n) is 3.80. The number of nitrogens with zero attached hydrogens (tertiary/aromatic N) is 1. The van der Waals surface area contributed by atoms with Gasteiger partial charge in [-0.25, -0.2) is 5.48 Å². The minimum absolute atomic E-state index is 0.184. The van der Waals surface area contributed by atoms with E-state index in [1.54, 1.807) is 5.48 Å². The number of hydrogen-bond donors (Lipinski definition) is 4. The second kappa shape index (κ2) is 17.7. The fourth-order valence-corrected chi connectivity index (χ4v) is 3.80. The van der Waals surface area contributed by atoms with E-state index in [1.165, 1.54) is 4.90 Å². The van der Waals surface area contributed by atoms with Crippen LogP contribution in [0.5, 0.6) is 0 Å². The molecule has 2 aromatic rings. The summed E-state index contributed by atoms with van der Waals surface area (Å²) in [5.41, 5.74) is 3.80. The molecule has 0 aliphatic heterocycles. The molecule has 0 aromatic heterocycles. The lowest BCUT2D eigenvalue weighted by Crippen LogP contribution is -2.46. The second-order valence-electron chi connectivity index (χ2n) is 8.87. The second-order valence-corrected chi connectivity index (χ2v) is 8.87. The van der Waals surface area contributed by atoms with E-state index in [9.17, 15) is 19.2 Å². The van der Waals surface area contributed by atoms with Crippen LogP contribution >= 0.6 is 0 Å². The van der Waals surface area contributed by atoms with E-state index in [0.717, 1.165) is 24.0 Å². The third kappa shape index (κ3) is 13.2. The molecule has 200 valence electrons. The highest BCUT2D eigenvalue weighted by Gasteiger charge is 2.20. The number of unbranched alkanes of at least 4 members (excludes halogenated alkanes) is 3. The molecule has 0 saturated carbocycles. The van der Waals surface area contributed by atoms with Crippen LogP contribution in [0, 0.1) is 0 Å². The summed E-state index contributed by atoms with van der Waals surface area (Å²) in [5, 5.41) is 14.2. The zero-order chi connectivity index (χ0) is 26.7. The molecular weight excluding hydrogens is 472 g/mol. The summed E-state index contributed by atoms with van der Waals surface area (Å²) in [5.74, 6) is -1.31. The minimum Gasteiger partial charge on any atom is -0.354 e. The summed E-state index contributed by atoms with van der Waals surface area (Å²) in [4.78, 5) is 50.3. The normalized spacial score (nSPS) is 10.4. The molecule has 0 aliphatic rings. The summed E-state index contributed by atoms with van der Waals surface area (Å²) in [7, 11) is 0. The van der Waals surface area contributed by atoms with Crippen LogP contribution in [0.4, 0.5) is 0 Å². The molecule has 0 fully saturated rings. The van der Waals surface area contributed by atoms with Crippen molar-refractivity contribution in [2.75, 3.05) is 26.2 Å². The predicted octanol–water partition coefficient (Wildman–Crippen LogP) is 2.38. The van der Waals surface area contributed by atoms with E-state index in [-0.39, 0.29) is 43.7 Å². The van der Waals surface area contributed by atoms with Crippen molar-refractivity contribution in [2.45, 2.75) is 51.4 Å². The average Bonchev–Trinajstić information content (AvgIpc) is 2.91. The highest BCUT2D eigenvalue weighted by molar-refractivity contribution is 5.89. The molecule has 2 rings (SSSR count). The maximum Gasteiger partial charge on any atom is 0.243 e.